The first-order valence-electron chi connectivity index (χ1n) is 6.77. The number of fused-ring (bicyclic) bond motifs is 1. The Bertz CT molecular complexity index is 828. The van der Waals surface area contributed by atoms with Crippen LogP contribution in [-0.2, 0) is 4.79 Å². The molecule has 0 radical (unpaired) electrons. The zero-order chi connectivity index (χ0) is 16.6. The Morgan fingerprint density at radius 3 is 2.57 bits per heavy atom. The molecule has 1 aliphatic heterocycles. The number of ether oxygens (including phenoxy) is 1. The number of amides is 1. The fourth-order valence-electron chi connectivity index (χ4n) is 2.26. The molecule has 0 spiro atoms. The number of nitro benzene ring substituents is 1. The van der Waals surface area contributed by atoms with E-state index in [1.54, 1.807) is 37.4 Å². The predicted octanol–water partition coefficient (Wildman–Crippen LogP) is 2.57. The van der Waals surface area contributed by atoms with E-state index in [1.807, 2.05) is 0 Å². The zero-order valence-corrected chi connectivity index (χ0v) is 12.2. The number of nitrogens with two attached hydrogens (primary N) is 1. The summed E-state index contributed by atoms with van der Waals surface area (Å²) in [5.74, 6) is 0.306. The summed E-state index contributed by atoms with van der Waals surface area (Å²) in [5, 5.41) is 10.7. The van der Waals surface area contributed by atoms with Gasteiger partial charge in [0.15, 0.2) is 11.5 Å². The number of carbonyl (C=O) groups excluding carboxylic acids is 1. The Labute approximate surface area is 131 Å². The van der Waals surface area contributed by atoms with Crippen LogP contribution in [0.25, 0.3) is 6.08 Å². The number of anilines is 2. The van der Waals surface area contributed by atoms with Gasteiger partial charge in [0.05, 0.1) is 10.6 Å². The Morgan fingerprint density at radius 2 is 1.91 bits per heavy atom. The van der Waals surface area contributed by atoms with Gasteiger partial charge in [0, 0.05) is 30.9 Å². The van der Waals surface area contributed by atoms with Crippen LogP contribution in [0.4, 0.5) is 17.1 Å². The lowest BCUT2D eigenvalue weighted by Gasteiger charge is -2.27. The molecule has 23 heavy (non-hydrogen) atoms. The molecule has 0 saturated carbocycles. The average molecular weight is 311 g/mol. The maximum atomic E-state index is 12.3. The molecule has 2 N–H and O–H groups in total. The molecule has 2 aromatic carbocycles. The second-order valence-electron chi connectivity index (χ2n) is 5.05. The van der Waals surface area contributed by atoms with Crippen molar-refractivity contribution in [1.29, 1.82) is 0 Å². The van der Waals surface area contributed by atoms with Crippen molar-refractivity contribution in [3.63, 3.8) is 0 Å². The van der Waals surface area contributed by atoms with Crippen LogP contribution in [0.15, 0.2) is 48.2 Å². The molecule has 1 heterocycles. The minimum Gasteiger partial charge on any atom is -0.449 e. The second kappa shape index (κ2) is 5.45. The lowest BCUT2D eigenvalue weighted by molar-refractivity contribution is -0.384. The number of hydrogen-bond donors (Lipinski definition) is 1. The van der Waals surface area contributed by atoms with Gasteiger partial charge < -0.3 is 15.4 Å². The molecule has 0 fully saturated rings. The molecule has 116 valence electrons. The number of rotatable bonds is 2. The Hall–Kier alpha value is -3.35. The molecule has 0 saturated heterocycles. The standard InChI is InChI=1S/C16H13N3O4/c1-18-13-7-4-11(17)9-14(13)23-15(16(18)20)8-10-2-5-12(6-3-10)19(21)22/h2-9H,17H2,1H3/b15-8+. The first kappa shape index (κ1) is 14.6. The third-order valence-corrected chi connectivity index (χ3v) is 3.48. The number of non-ortho nitro benzene ring substituents is 1. The number of hydrogen-bond acceptors (Lipinski definition) is 5. The van der Waals surface area contributed by atoms with Crippen LogP contribution < -0.4 is 15.4 Å². The van der Waals surface area contributed by atoms with Crippen molar-refractivity contribution in [2.75, 3.05) is 17.7 Å². The van der Waals surface area contributed by atoms with E-state index >= 15 is 0 Å². The van der Waals surface area contributed by atoms with Crippen LogP contribution in [0.2, 0.25) is 0 Å². The van der Waals surface area contributed by atoms with Gasteiger partial charge in [-0.2, -0.15) is 0 Å². The summed E-state index contributed by atoms with van der Waals surface area (Å²) in [6.45, 7) is 0. The summed E-state index contributed by atoms with van der Waals surface area (Å²) in [5.41, 5.74) is 7.51. The smallest absolute Gasteiger partial charge is 0.293 e. The third kappa shape index (κ3) is 2.71. The van der Waals surface area contributed by atoms with Gasteiger partial charge >= 0.3 is 0 Å². The molecule has 0 bridgehead atoms. The Morgan fingerprint density at radius 1 is 1.22 bits per heavy atom. The fourth-order valence-corrected chi connectivity index (χ4v) is 2.26. The summed E-state index contributed by atoms with van der Waals surface area (Å²) < 4.78 is 5.63. The van der Waals surface area contributed by atoms with E-state index in [0.29, 0.717) is 22.7 Å². The predicted molar refractivity (Wildman–Crippen MR) is 86.0 cm³/mol. The van der Waals surface area contributed by atoms with Gasteiger partial charge in [-0.25, -0.2) is 0 Å². The maximum Gasteiger partial charge on any atom is 0.293 e. The fraction of sp³-hybridized carbons (Fsp3) is 0.0625. The number of nitro groups is 1. The van der Waals surface area contributed by atoms with Crippen molar-refractivity contribution < 1.29 is 14.5 Å². The van der Waals surface area contributed by atoms with E-state index in [0.717, 1.165) is 0 Å². The normalized spacial score (nSPS) is 15.3. The zero-order valence-electron chi connectivity index (χ0n) is 12.2. The summed E-state index contributed by atoms with van der Waals surface area (Å²) in [6, 6.07) is 10.9. The van der Waals surface area contributed by atoms with Crippen LogP contribution in [0.3, 0.4) is 0 Å². The average Bonchev–Trinajstić information content (AvgIpc) is 2.52. The largest absolute Gasteiger partial charge is 0.449 e. The topological polar surface area (TPSA) is 98.7 Å². The number of benzene rings is 2. The minimum absolute atomic E-state index is 0.0155. The molecule has 2 aromatic rings. The van der Waals surface area contributed by atoms with Crippen molar-refractivity contribution in [3.8, 4) is 5.75 Å². The van der Waals surface area contributed by atoms with Gasteiger partial charge in [0.2, 0.25) is 0 Å². The number of likely N-dealkylation sites (N-methyl/N-ethyl adjacent to an activating group) is 1. The van der Waals surface area contributed by atoms with Gasteiger partial charge in [-0.1, -0.05) is 0 Å². The molecule has 0 atom stereocenters. The summed E-state index contributed by atoms with van der Waals surface area (Å²) in [6.07, 6.45) is 1.54. The number of nitrogen functional groups attached to an aromatic ring is 1. The van der Waals surface area contributed by atoms with E-state index in [2.05, 4.69) is 0 Å². The molecule has 0 unspecified atom stereocenters. The summed E-state index contributed by atoms with van der Waals surface area (Å²) in [7, 11) is 1.64. The number of nitrogens with zero attached hydrogens (tertiary/aromatic N) is 2. The highest BCUT2D eigenvalue weighted by Gasteiger charge is 2.27. The lowest BCUT2D eigenvalue weighted by Crippen LogP contribution is -2.33. The molecule has 0 aliphatic carbocycles. The van der Waals surface area contributed by atoms with E-state index < -0.39 is 4.92 Å². The third-order valence-electron chi connectivity index (χ3n) is 3.48. The van der Waals surface area contributed by atoms with Crippen molar-refractivity contribution in [2.24, 2.45) is 0 Å². The Kier molecular flexibility index (Phi) is 3.46. The lowest BCUT2D eigenvalue weighted by atomic mass is 10.1. The monoisotopic (exact) mass is 311 g/mol. The first-order valence-corrected chi connectivity index (χ1v) is 6.77. The summed E-state index contributed by atoms with van der Waals surface area (Å²) in [4.78, 5) is 24.0. The van der Waals surface area contributed by atoms with Gasteiger partial charge in [-0.15, -0.1) is 0 Å². The van der Waals surface area contributed by atoms with Crippen LogP contribution in [0.1, 0.15) is 5.56 Å². The molecule has 1 aliphatic rings. The highest BCUT2D eigenvalue weighted by molar-refractivity contribution is 6.09. The van der Waals surface area contributed by atoms with Gasteiger partial charge in [0.25, 0.3) is 11.6 Å². The van der Waals surface area contributed by atoms with E-state index in [1.165, 1.54) is 23.1 Å². The molecule has 0 aromatic heterocycles. The van der Waals surface area contributed by atoms with Gasteiger partial charge in [-0.3, -0.25) is 14.9 Å². The molecule has 3 rings (SSSR count). The molecule has 1 amide bonds. The van der Waals surface area contributed by atoms with Crippen LogP contribution in [0, 0.1) is 10.1 Å². The van der Waals surface area contributed by atoms with Gasteiger partial charge in [0.1, 0.15) is 0 Å². The van der Waals surface area contributed by atoms with E-state index in [9.17, 15) is 14.9 Å². The Balaban J connectivity index is 1.96. The molecular weight excluding hydrogens is 298 g/mol. The van der Waals surface area contributed by atoms with Crippen molar-refractivity contribution in [1.82, 2.24) is 0 Å². The SMILES string of the molecule is CN1C(=O)/C(=C\c2ccc([N+](=O)[O-])cc2)Oc2cc(N)ccc21. The minimum atomic E-state index is -0.480. The van der Waals surface area contributed by atoms with E-state index in [-0.39, 0.29) is 17.4 Å². The highest BCUT2D eigenvalue weighted by Crippen LogP contribution is 2.36. The van der Waals surface area contributed by atoms with Crippen LogP contribution in [0.5, 0.6) is 5.75 Å². The highest BCUT2D eigenvalue weighted by atomic mass is 16.6. The van der Waals surface area contributed by atoms with Crippen molar-refractivity contribution in [2.45, 2.75) is 0 Å². The molecular formula is C16H13N3O4. The number of carbonyl (C=O) groups is 1. The van der Waals surface area contributed by atoms with E-state index in [4.69, 9.17) is 10.5 Å². The quantitative estimate of drug-likeness (QED) is 0.398. The maximum absolute atomic E-state index is 12.3. The van der Waals surface area contributed by atoms with Crippen LogP contribution in [-0.4, -0.2) is 17.9 Å². The molecule has 7 heteroatoms. The molecule has 7 nitrogen and oxygen atoms in total. The van der Waals surface area contributed by atoms with Crippen molar-refractivity contribution >= 4 is 29.0 Å². The van der Waals surface area contributed by atoms with Crippen molar-refractivity contribution in [3.05, 3.63) is 63.9 Å². The second-order valence-corrected chi connectivity index (χ2v) is 5.05. The van der Waals surface area contributed by atoms with Gasteiger partial charge in [-0.05, 0) is 35.9 Å². The summed E-state index contributed by atoms with van der Waals surface area (Å²) >= 11 is 0. The van der Waals surface area contributed by atoms with Crippen LogP contribution >= 0.6 is 0 Å². The first-order chi connectivity index (χ1) is 11.0.